The molecule has 0 aromatic heterocycles. The molecule has 1 rings (SSSR count). The Bertz CT molecular complexity index is 186. The van der Waals surface area contributed by atoms with Crippen molar-refractivity contribution >= 4 is 0 Å². The zero-order valence-electron chi connectivity index (χ0n) is 16.4. The SMILES string of the molecule is CC.CC.CCCCNCC1CCC1CNCCCNCC. The van der Waals surface area contributed by atoms with E-state index in [9.17, 15) is 0 Å². The molecule has 1 aliphatic carbocycles. The van der Waals surface area contributed by atoms with Gasteiger partial charge in [0.05, 0.1) is 0 Å². The van der Waals surface area contributed by atoms with Crippen LogP contribution in [0.2, 0.25) is 0 Å². The van der Waals surface area contributed by atoms with Crippen LogP contribution < -0.4 is 16.0 Å². The van der Waals surface area contributed by atoms with Crippen LogP contribution >= 0.6 is 0 Å². The number of hydrogen-bond acceptors (Lipinski definition) is 3. The maximum absolute atomic E-state index is 3.61. The van der Waals surface area contributed by atoms with Gasteiger partial charge in [0.15, 0.2) is 0 Å². The molecule has 0 amide bonds. The number of nitrogens with one attached hydrogen (secondary N) is 3. The molecule has 0 spiro atoms. The van der Waals surface area contributed by atoms with Crippen molar-refractivity contribution in [3.05, 3.63) is 0 Å². The second kappa shape index (κ2) is 20.9. The second-order valence-corrected chi connectivity index (χ2v) is 5.57. The summed E-state index contributed by atoms with van der Waals surface area (Å²) in [5, 5.41) is 10.6. The molecular formula is C19H45N3. The molecule has 0 saturated heterocycles. The van der Waals surface area contributed by atoms with Gasteiger partial charge in [-0.05, 0) is 76.8 Å². The van der Waals surface area contributed by atoms with Gasteiger partial charge in [0.2, 0.25) is 0 Å². The molecule has 0 aromatic carbocycles. The summed E-state index contributed by atoms with van der Waals surface area (Å²) >= 11 is 0. The summed E-state index contributed by atoms with van der Waals surface area (Å²) in [6, 6.07) is 0. The fourth-order valence-corrected chi connectivity index (χ4v) is 2.57. The first kappa shape index (κ1) is 24.1. The smallest absolute Gasteiger partial charge is 0.00174 e. The molecule has 0 bridgehead atoms. The normalized spacial score (nSPS) is 19.4. The molecule has 3 heteroatoms. The highest BCUT2D eigenvalue weighted by atomic mass is 14.9. The van der Waals surface area contributed by atoms with Gasteiger partial charge in [-0.2, -0.15) is 0 Å². The van der Waals surface area contributed by atoms with Gasteiger partial charge in [-0.1, -0.05) is 48.0 Å². The van der Waals surface area contributed by atoms with Crippen molar-refractivity contribution < 1.29 is 0 Å². The molecule has 22 heavy (non-hydrogen) atoms. The average Bonchev–Trinajstić information content (AvgIpc) is 2.56. The number of unbranched alkanes of at least 4 members (excludes halogenated alkanes) is 1. The Morgan fingerprint density at radius 2 is 1.14 bits per heavy atom. The van der Waals surface area contributed by atoms with E-state index in [-0.39, 0.29) is 0 Å². The minimum absolute atomic E-state index is 0.929. The van der Waals surface area contributed by atoms with E-state index in [4.69, 9.17) is 0 Å². The van der Waals surface area contributed by atoms with Crippen LogP contribution in [0.25, 0.3) is 0 Å². The molecule has 2 atom stereocenters. The lowest BCUT2D eigenvalue weighted by Gasteiger charge is -2.37. The Morgan fingerprint density at radius 3 is 1.55 bits per heavy atom. The molecular weight excluding hydrogens is 270 g/mol. The molecule has 1 saturated carbocycles. The summed E-state index contributed by atoms with van der Waals surface area (Å²) in [7, 11) is 0. The van der Waals surface area contributed by atoms with Gasteiger partial charge >= 0.3 is 0 Å². The maximum Gasteiger partial charge on any atom is -0.00174 e. The lowest BCUT2D eigenvalue weighted by Crippen LogP contribution is -2.41. The van der Waals surface area contributed by atoms with E-state index in [0.29, 0.717) is 0 Å². The van der Waals surface area contributed by atoms with E-state index in [1.807, 2.05) is 27.7 Å². The van der Waals surface area contributed by atoms with Crippen molar-refractivity contribution in [2.75, 3.05) is 39.3 Å². The summed E-state index contributed by atoms with van der Waals surface area (Å²) in [6.07, 6.45) is 6.73. The van der Waals surface area contributed by atoms with E-state index < -0.39 is 0 Å². The van der Waals surface area contributed by atoms with Crippen LogP contribution in [0.3, 0.4) is 0 Å². The fourth-order valence-electron chi connectivity index (χ4n) is 2.57. The second-order valence-electron chi connectivity index (χ2n) is 5.57. The molecule has 136 valence electrons. The third-order valence-corrected chi connectivity index (χ3v) is 4.05. The van der Waals surface area contributed by atoms with Gasteiger partial charge in [-0.15, -0.1) is 0 Å². The summed E-state index contributed by atoms with van der Waals surface area (Å²) < 4.78 is 0. The van der Waals surface area contributed by atoms with Crippen molar-refractivity contribution in [1.29, 1.82) is 0 Å². The lowest BCUT2D eigenvalue weighted by molar-refractivity contribution is 0.167. The van der Waals surface area contributed by atoms with Crippen molar-refractivity contribution in [3.63, 3.8) is 0 Å². The number of hydrogen-bond donors (Lipinski definition) is 3. The molecule has 2 unspecified atom stereocenters. The van der Waals surface area contributed by atoms with E-state index >= 15 is 0 Å². The fraction of sp³-hybridized carbons (Fsp3) is 1.00. The Balaban J connectivity index is 0. The van der Waals surface area contributed by atoms with Crippen molar-refractivity contribution in [1.82, 2.24) is 16.0 Å². The van der Waals surface area contributed by atoms with E-state index in [1.54, 1.807) is 0 Å². The van der Waals surface area contributed by atoms with Crippen LogP contribution in [0.4, 0.5) is 0 Å². The Kier molecular flexibility index (Phi) is 22.9. The monoisotopic (exact) mass is 315 g/mol. The molecule has 0 aromatic rings. The zero-order chi connectivity index (χ0) is 17.1. The molecule has 3 nitrogen and oxygen atoms in total. The third kappa shape index (κ3) is 13.5. The van der Waals surface area contributed by atoms with Crippen molar-refractivity contribution in [2.24, 2.45) is 11.8 Å². The van der Waals surface area contributed by atoms with Crippen LogP contribution in [-0.2, 0) is 0 Å². The minimum atomic E-state index is 0.929. The highest BCUT2D eigenvalue weighted by Gasteiger charge is 2.29. The van der Waals surface area contributed by atoms with Gasteiger partial charge in [0.1, 0.15) is 0 Å². The summed E-state index contributed by atoms with van der Waals surface area (Å²) in [5.41, 5.74) is 0. The van der Waals surface area contributed by atoms with E-state index in [0.717, 1.165) is 24.9 Å². The first-order chi connectivity index (χ1) is 10.9. The van der Waals surface area contributed by atoms with Crippen LogP contribution in [-0.4, -0.2) is 39.3 Å². The first-order valence-corrected chi connectivity index (χ1v) is 10.0. The van der Waals surface area contributed by atoms with E-state index in [1.165, 1.54) is 58.3 Å². The largest absolute Gasteiger partial charge is 0.317 e. The van der Waals surface area contributed by atoms with Crippen LogP contribution in [0.5, 0.6) is 0 Å². The molecule has 3 N–H and O–H groups in total. The Hall–Kier alpha value is -0.120. The van der Waals surface area contributed by atoms with E-state index in [2.05, 4.69) is 29.8 Å². The molecule has 0 heterocycles. The zero-order valence-corrected chi connectivity index (χ0v) is 16.4. The predicted octanol–water partition coefficient (Wildman–Crippen LogP) is 4.04. The van der Waals surface area contributed by atoms with Gasteiger partial charge < -0.3 is 16.0 Å². The van der Waals surface area contributed by atoms with Gasteiger partial charge in [0.25, 0.3) is 0 Å². The average molecular weight is 316 g/mol. The van der Waals surface area contributed by atoms with Gasteiger partial charge in [-0.3, -0.25) is 0 Å². The van der Waals surface area contributed by atoms with Gasteiger partial charge in [-0.25, -0.2) is 0 Å². The van der Waals surface area contributed by atoms with Crippen LogP contribution in [0.1, 0.15) is 73.6 Å². The molecule has 0 radical (unpaired) electrons. The van der Waals surface area contributed by atoms with Crippen molar-refractivity contribution in [3.8, 4) is 0 Å². The summed E-state index contributed by atoms with van der Waals surface area (Å²) in [5.74, 6) is 1.86. The van der Waals surface area contributed by atoms with Crippen LogP contribution in [0.15, 0.2) is 0 Å². The predicted molar refractivity (Wildman–Crippen MR) is 103 cm³/mol. The highest BCUT2D eigenvalue weighted by Crippen LogP contribution is 2.32. The Labute approximate surface area is 141 Å². The van der Waals surface area contributed by atoms with Gasteiger partial charge in [0, 0.05) is 0 Å². The summed E-state index contributed by atoms with van der Waals surface area (Å²) in [6.45, 7) is 19.5. The molecule has 0 aliphatic heterocycles. The highest BCUT2D eigenvalue weighted by molar-refractivity contribution is 4.83. The first-order valence-electron chi connectivity index (χ1n) is 10.0. The number of rotatable bonds is 12. The molecule has 1 fully saturated rings. The minimum Gasteiger partial charge on any atom is -0.317 e. The van der Waals surface area contributed by atoms with Crippen molar-refractivity contribution in [2.45, 2.75) is 73.6 Å². The summed E-state index contributed by atoms with van der Waals surface area (Å²) in [4.78, 5) is 0. The molecule has 1 aliphatic rings. The third-order valence-electron chi connectivity index (χ3n) is 4.05. The lowest BCUT2D eigenvalue weighted by atomic mass is 9.73. The Morgan fingerprint density at radius 1 is 0.682 bits per heavy atom. The quantitative estimate of drug-likeness (QED) is 0.476. The maximum atomic E-state index is 3.61. The van der Waals surface area contributed by atoms with Crippen LogP contribution in [0, 0.1) is 11.8 Å². The standard InChI is InChI=1S/C15H33N3.2C2H6/c1-3-5-9-17-12-14-7-8-15(14)13-18-11-6-10-16-4-2;2*1-2/h14-18H,3-13H2,1-2H3;2*1-2H3. The topological polar surface area (TPSA) is 36.1 Å².